The van der Waals surface area contributed by atoms with Crippen molar-refractivity contribution in [3.8, 4) is 0 Å². The summed E-state index contributed by atoms with van der Waals surface area (Å²) in [5, 5.41) is 1.98. The van der Waals surface area contributed by atoms with E-state index in [1.807, 2.05) is 18.2 Å². The van der Waals surface area contributed by atoms with Crippen molar-refractivity contribution in [3.63, 3.8) is 0 Å². The summed E-state index contributed by atoms with van der Waals surface area (Å²) < 4.78 is 0. The number of carbonyl (C=O) groups is 1. The number of likely N-dealkylation sites (tertiary alicyclic amines) is 2. The van der Waals surface area contributed by atoms with E-state index in [4.69, 9.17) is 11.6 Å². The highest BCUT2D eigenvalue weighted by molar-refractivity contribution is 6.31. The first-order chi connectivity index (χ1) is 12.2. The molecule has 134 valence electrons. The maximum atomic E-state index is 12.7. The summed E-state index contributed by atoms with van der Waals surface area (Å²) in [5.41, 5.74) is 2.42. The number of benzene rings is 1. The molecule has 2 aliphatic heterocycles. The van der Waals surface area contributed by atoms with Crippen LogP contribution < -0.4 is 0 Å². The molecule has 1 N–H and O–H groups in total. The van der Waals surface area contributed by atoms with Gasteiger partial charge in [-0.2, -0.15) is 0 Å². The smallest absolute Gasteiger partial charge is 0.225 e. The van der Waals surface area contributed by atoms with Gasteiger partial charge in [-0.1, -0.05) is 11.6 Å². The van der Waals surface area contributed by atoms with Crippen molar-refractivity contribution < 1.29 is 4.79 Å². The first-order valence-electron chi connectivity index (χ1n) is 9.47. The topological polar surface area (TPSA) is 39.3 Å². The van der Waals surface area contributed by atoms with E-state index >= 15 is 0 Å². The first kappa shape index (κ1) is 16.9. The van der Waals surface area contributed by atoms with E-state index in [0.717, 1.165) is 56.1 Å². The normalized spacial score (nSPS) is 20.3. The minimum Gasteiger partial charge on any atom is -0.361 e. The van der Waals surface area contributed by atoms with Gasteiger partial charge in [0.1, 0.15) is 0 Å². The number of amides is 1. The second-order valence-electron chi connectivity index (χ2n) is 7.44. The van der Waals surface area contributed by atoms with E-state index in [0.29, 0.717) is 5.91 Å². The largest absolute Gasteiger partial charge is 0.361 e. The number of aromatic nitrogens is 1. The maximum Gasteiger partial charge on any atom is 0.225 e. The molecule has 0 radical (unpaired) electrons. The number of H-pyrrole nitrogens is 1. The van der Waals surface area contributed by atoms with Crippen molar-refractivity contribution in [2.24, 2.45) is 5.92 Å². The van der Waals surface area contributed by atoms with Crippen LogP contribution in [0.5, 0.6) is 0 Å². The minimum absolute atomic E-state index is 0.228. The number of carbonyl (C=O) groups excluding carboxylic acids is 1. The summed E-state index contributed by atoms with van der Waals surface area (Å²) in [5.74, 6) is 0.630. The Kier molecular flexibility index (Phi) is 5.00. The van der Waals surface area contributed by atoms with Gasteiger partial charge in [0, 0.05) is 47.7 Å². The average molecular weight is 360 g/mol. The van der Waals surface area contributed by atoms with Crippen LogP contribution in [-0.2, 0) is 11.3 Å². The predicted molar refractivity (Wildman–Crippen MR) is 102 cm³/mol. The number of aromatic amines is 1. The lowest BCUT2D eigenvalue weighted by Gasteiger charge is -2.35. The molecule has 4 nitrogen and oxygen atoms in total. The van der Waals surface area contributed by atoms with Crippen molar-refractivity contribution >= 4 is 28.4 Å². The van der Waals surface area contributed by atoms with Crippen LogP contribution in [0.25, 0.3) is 10.9 Å². The summed E-state index contributed by atoms with van der Waals surface area (Å²) in [6, 6.07) is 5.99. The number of halogens is 1. The molecule has 0 saturated carbocycles. The third-order valence-electron chi connectivity index (χ3n) is 5.73. The van der Waals surface area contributed by atoms with Gasteiger partial charge in [0.05, 0.1) is 0 Å². The first-order valence-corrected chi connectivity index (χ1v) is 9.85. The number of hydrogen-bond acceptors (Lipinski definition) is 2. The Morgan fingerprint density at radius 1 is 1.12 bits per heavy atom. The van der Waals surface area contributed by atoms with Crippen LogP contribution in [0, 0.1) is 5.92 Å². The van der Waals surface area contributed by atoms with Gasteiger partial charge < -0.3 is 9.88 Å². The van der Waals surface area contributed by atoms with Crippen LogP contribution in [0.4, 0.5) is 0 Å². The molecular formula is C20H26ClN3O. The van der Waals surface area contributed by atoms with Crippen molar-refractivity contribution in [2.75, 3.05) is 26.2 Å². The van der Waals surface area contributed by atoms with Gasteiger partial charge in [0.25, 0.3) is 0 Å². The SMILES string of the molecule is O=C(C1CCN(Cc2c[nH]c3ccc(Cl)cc23)CC1)N1CCCCC1. The lowest BCUT2D eigenvalue weighted by atomic mass is 9.94. The fraction of sp³-hybridized carbons (Fsp3) is 0.550. The number of piperidine rings is 2. The van der Waals surface area contributed by atoms with E-state index < -0.39 is 0 Å². The van der Waals surface area contributed by atoms with Crippen molar-refractivity contribution in [3.05, 3.63) is 35.0 Å². The number of nitrogens with zero attached hydrogens (tertiary/aromatic N) is 2. The Morgan fingerprint density at radius 2 is 1.88 bits per heavy atom. The van der Waals surface area contributed by atoms with Crippen LogP contribution in [0.1, 0.15) is 37.7 Å². The van der Waals surface area contributed by atoms with E-state index in [1.165, 1.54) is 30.2 Å². The van der Waals surface area contributed by atoms with Crippen molar-refractivity contribution in [1.29, 1.82) is 0 Å². The molecule has 2 aliphatic rings. The van der Waals surface area contributed by atoms with Gasteiger partial charge >= 0.3 is 0 Å². The van der Waals surface area contributed by atoms with Crippen molar-refractivity contribution in [2.45, 2.75) is 38.6 Å². The maximum absolute atomic E-state index is 12.7. The third kappa shape index (κ3) is 3.70. The van der Waals surface area contributed by atoms with Gasteiger partial charge in [-0.05, 0) is 69.0 Å². The second kappa shape index (κ2) is 7.38. The molecule has 1 aromatic carbocycles. The fourth-order valence-corrected chi connectivity index (χ4v) is 4.40. The molecule has 3 heterocycles. The summed E-state index contributed by atoms with van der Waals surface area (Å²) >= 11 is 6.15. The molecule has 4 rings (SSSR count). The molecule has 0 atom stereocenters. The second-order valence-corrected chi connectivity index (χ2v) is 7.88. The van der Waals surface area contributed by atoms with Crippen LogP contribution in [-0.4, -0.2) is 46.9 Å². The number of nitrogens with one attached hydrogen (secondary N) is 1. The number of rotatable bonds is 3. The Morgan fingerprint density at radius 3 is 2.64 bits per heavy atom. The lowest BCUT2D eigenvalue weighted by molar-refractivity contribution is -0.138. The molecule has 0 spiro atoms. The summed E-state index contributed by atoms with van der Waals surface area (Å²) in [4.78, 5) is 20.6. The zero-order valence-corrected chi connectivity index (χ0v) is 15.4. The zero-order valence-electron chi connectivity index (χ0n) is 14.6. The number of hydrogen-bond donors (Lipinski definition) is 1. The van der Waals surface area contributed by atoms with Crippen LogP contribution >= 0.6 is 11.6 Å². The Hall–Kier alpha value is -1.52. The third-order valence-corrected chi connectivity index (χ3v) is 5.96. The van der Waals surface area contributed by atoms with E-state index in [2.05, 4.69) is 21.0 Å². The van der Waals surface area contributed by atoms with E-state index in [9.17, 15) is 4.79 Å². The average Bonchev–Trinajstić information content (AvgIpc) is 3.04. The molecule has 0 bridgehead atoms. The molecule has 25 heavy (non-hydrogen) atoms. The van der Waals surface area contributed by atoms with Crippen LogP contribution in [0.15, 0.2) is 24.4 Å². The Balaban J connectivity index is 1.35. The van der Waals surface area contributed by atoms with Crippen LogP contribution in [0.3, 0.4) is 0 Å². The summed E-state index contributed by atoms with van der Waals surface area (Å²) in [6.07, 6.45) is 7.68. The van der Waals surface area contributed by atoms with Crippen LogP contribution in [0.2, 0.25) is 5.02 Å². The summed E-state index contributed by atoms with van der Waals surface area (Å²) in [6.45, 7) is 4.85. The molecule has 0 unspecified atom stereocenters. The molecule has 2 fully saturated rings. The zero-order chi connectivity index (χ0) is 17.2. The fourth-order valence-electron chi connectivity index (χ4n) is 4.23. The molecule has 2 saturated heterocycles. The van der Waals surface area contributed by atoms with E-state index in [-0.39, 0.29) is 5.92 Å². The van der Waals surface area contributed by atoms with Gasteiger partial charge in [-0.25, -0.2) is 0 Å². The molecular weight excluding hydrogens is 334 g/mol. The van der Waals surface area contributed by atoms with Gasteiger partial charge in [-0.15, -0.1) is 0 Å². The minimum atomic E-state index is 0.228. The van der Waals surface area contributed by atoms with Gasteiger partial charge in [0.15, 0.2) is 0 Å². The van der Waals surface area contributed by atoms with Gasteiger partial charge in [0.2, 0.25) is 5.91 Å². The van der Waals surface area contributed by atoms with E-state index in [1.54, 1.807) is 0 Å². The summed E-state index contributed by atoms with van der Waals surface area (Å²) in [7, 11) is 0. The highest BCUT2D eigenvalue weighted by Crippen LogP contribution is 2.26. The van der Waals surface area contributed by atoms with Gasteiger partial charge in [-0.3, -0.25) is 9.69 Å². The molecule has 1 aromatic heterocycles. The van der Waals surface area contributed by atoms with Crippen molar-refractivity contribution in [1.82, 2.24) is 14.8 Å². The Bertz CT molecular complexity index is 742. The predicted octanol–water partition coefficient (Wildman–Crippen LogP) is 4.05. The quantitative estimate of drug-likeness (QED) is 0.898. The lowest BCUT2D eigenvalue weighted by Crippen LogP contribution is -2.44. The Labute approximate surface area is 154 Å². The molecule has 2 aromatic rings. The molecule has 5 heteroatoms. The standard InChI is InChI=1S/C20H26ClN3O/c21-17-4-5-19-18(12-17)16(13-22-19)14-23-10-6-15(7-11-23)20(25)24-8-2-1-3-9-24/h4-5,12-13,15,22H,1-3,6-11,14H2. The molecule has 1 amide bonds. The number of fused-ring (bicyclic) bond motifs is 1. The molecule has 0 aliphatic carbocycles. The highest BCUT2D eigenvalue weighted by Gasteiger charge is 2.29. The monoisotopic (exact) mass is 359 g/mol. The highest BCUT2D eigenvalue weighted by atomic mass is 35.5.